The topological polar surface area (TPSA) is 59.9 Å². The minimum atomic E-state index is 0.628. The zero-order valence-electron chi connectivity index (χ0n) is 10.8. The Bertz CT molecular complexity index is 542. The molecule has 0 aromatic carbocycles. The van der Waals surface area contributed by atoms with Gasteiger partial charge in [-0.25, -0.2) is 9.97 Å². The van der Waals surface area contributed by atoms with Gasteiger partial charge in [0, 0.05) is 11.9 Å². The van der Waals surface area contributed by atoms with Crippen LogP contribution >= 0.6 is 0 Å². The summed E-state index contributed by atoms with van der Waals surface area (Å²) in [5.41, 5.74) is 2.80. The Balaban J connectivity index is 2.12. The van der Waals surface area contributed by atoms with Crippen LogP contribution in [0.25, 0.3) is 0 Å². The molecule has 0 spiro atoms. The fraction of sp³-hybridized carbons (Fsp3) is 0.308. The first-order valence-electron chi connectivity index (χ1n) is 5.72. The second-order valence-corrected chi connectivity index (χ2v) is 3.97. The van der Waals surface area contributed by atoms with Crippen LogP contribution in [0.4, 0.5) is 5.69 Å². The van der Waals surface area contributed by atoms with Crippen LogP contribution in [0.3, 0.4) is 0 Å². The van der Waals surface area contributed by atoms with E-state index in [1.807, 2.05) is 26.0 Å². The Morgan fingerprint density at radius 2 is 2.11 bits per heavy atom. The Labute approximate surface area is 106 Å². The Kier molecular flexibility index (Phi) is 3.72. The van der Waals surface area contributed by atoms with Gasteiger partial charge < -0.3 is 10.1 Å². The molecular formula is C13H16N4O. The molecule has 2 heterocycles. The zero-order chi connectivity index (χ0) is 13.0. The number of nitrogens with one attached hydrogen (secondary N) is 1. The van der Waals surface area contributed by atoms with Crippen molar-refractivity contribution < 1.29 is 4.74 Å². The van der Waals surface area contributed by atoms with E-state index in [0.29, 0.717) is 6.54 Å². The summed E-state index contributed by atoms with van der Waals surface area (Å²) in [5.74, 6) is 1.50. The average Bonchev–Trinajstić information content (AvgIpc) is 2.37. The van der Waals surface area contributed by atoms with Gasteiger partial charge in [0.2, 0.25) is 0 Å². The van der Waals surface area contributed by atoms with Crippen LogP contribution < -0.4 is 10.1 Å². The third kappa shape index (κ3) is 2.94. The largest absolute Gasteiger partial charge is 0.493 e. The number of ether oxygens (including phenoxy) is 1. The van der Waals surface area contributed by atoms with Crippen LogP contribution in [0.15, 0.2) is 24.5 Å². The third-order valence-electron chi connectivity index (χ3n) is 2.52. The molecular weight excluding hydrogens is 228 g/mol. The number of nitrogens with zero attached hydrogens (tertiary/aromatic N) is 3. The van der Waals surface area contributed by atoms with E-state index in [-0.39, 0.29) is 0 Å². The molecule has 1 N–H and O–H groups in total. The third-order valence-corrected chi connectivity index (χ3v) is 2.52. The summed E-state index contributed by atoms with van der Waals surface area (Å²) in [6, 6.07) is 3.84. The van der Waals surface area contributed by atoms with Crippen LogP contribution in [-0.4, -0.2) is 22.1 Å². The lowest BCUT2D eigenvalue weighted by Gasteiger charge is -2.11. The molecule has 0 saturated heterocycles. The lowest BCUT2D eigenvalue weighted by molar-refractivity contribution is 0.414. The van der Waals surface area contributed by atoms with Gasteiger partial charge in [-0.05, 0) is 26.0 Å². The highest BCUT2D eigenvalue weighted by atomic mass is 16.5. The number of aromatic nitrogens is 3. The number of rotatable bonds is 4. The molecule has 0 aliphatic rings. The first-order chi connectivity index (χ1) is 8.69. The Morgan fingerprint density at radius 3 is 2.83 bits per heavy atom. The number of aryl methyl sites for hydroxylation is 2. The summed E-state index contributed by atoms with van der Waals surface area (Å²) >= 11 is 0. The molecule has 0 amide bonds. The molecule has 0 fully saturated rings. The highest BCUT2D eigenvalue weighted by molar-refractivity contribution is 5.55. The summed E-state index contributed by atoms with van der Waals surface area (Å²) in [5, 5.41) is 3.29. The molecule has 2 aromatic heterocycles. The summed E-state index contributed by atoms with van der Waals surface area (Å²) < 4.78 is 5.25. The van der Waals surface area contributed by atoms with Crippen molar-refractivity contribution in [1.29, 1.82) is 0 Å². The van der Waals surface area contributed by atoms with Gasteiger partial charge in [-0.2, -0.15) is 0 Å². The van der Waals surface area contributed by atoms with Gasteiger partial charge in [0.1, 0.15) is 5.82 Å². The molecule has 94 valence electrons. The van der Waals surface area contributed by atoms with Gasteiger partial charge in [0.15, 0.2) is 5.75 Å². The van der Waals surface area contributed by atoms with E-state index in [9.17, 15) is 0 Å². The molecule has 2 aromatic rings. The summed E-state index contributed by atoms with van der Waals surface area (Å²) in [6.07, 6.45) is 3.47. The van der Waals surface area contributed by atoms with E-state index in [4.69, 9.17) is 4.74 Å². The summed E-state index contributed by atoms with van der Waals surface area (Å²) in [6.45, 7) is 4.45. The molecule has 18 heavy (non-hydrogen) atoms. The van der Waals surface area contributed by atoms with E-state index < -0.39 is 0 Å². The summed E-state index contributed by atoms with van der Waals surface area (Å²) in [7, 11) is 1.63. The maximum Gasteiger partial charge on any atom is 0.160 e. The van der Waals surface area contributed by atoms with E-state index >= 15 is 0 Å². The standard InChI is InChI=1S/C13H16N4O/c1-9-6-12(13(18-3)8-15-9)16-7-11-4-5-14-10(2)17-11/h4-6,8H,7H2,1-3H3,(H,15,16). The van der Waals surface area contributed by atoms with Gasteiger partial charge in [-0.15, -0.1) is 0 Å². The first-order valence-corrected chi connectivity index (χ1v) is 5.72. The molecule has 0 aliphatic carbocycles. The number of anilines is 1. The molecule has 0 saturated carbocycles. The maximum absolute atomic E-state index is 5.25. The first kappa shape index (κ1) is 12.3. The number of methoxy groups -OCH3 is 1. The minimum Gasteiger partial charge on any atom is -0.493 e. The molecule has 0 bridgehead atoms. The maximum atomic E-state index is 5.25. The predicted molar refractivity (Wildman–Crippen MR) is 69.6 cm³/mol. The highest BCUT2D eigenvalue weighted by Crippen LogP contribution is 2.23. The lowest BCUT2D eigenvalue weighted by atomic mass is 10.3. The van der Waals surface area contributed by atoms with Crippen molar-refractivity contribution in [3.05, 3.63) is 41.7 Å². The fourth-order valence-electron chi connectivity index (χ4n) is 1.64. The van der Waals surface area contributed by atoms with Crippen molar-refractivity contribution in [3.8, 4) is 5.75 Å². The van der Waals surface area contributed by atoms with Crippen molar-refractivity contribution >= 4 is 5.69 Å². The monoisotopic (exact) mass is 244 g/mol. The van der Waals surface area contributed by atoms with Crippen molar-refractivity contribution in [3.63, 3.8) is 0 Å². The van der Waals surface area contributed by atoms with Gasteiger partial charge in [0.05, 0.1) is 31.2 Å². The van der Waals surface area contributed by atoms with Crippen LogP contribution in [0.1, 0.15) is 17.2 Å². The normalized spacial score (nSPS) is 10.2. The van der Waals surface area contributed by atoms with Gasteiger partial charge in [-0.3, -0.25) is 4.98 Å². The molecule has 0 aliphatic heterocycles. The lowest BCUT2D eigenvalue weighted by Crippen LogP contribution is -2.05. The number of hydrogen-bond acceptors (Lipinski definition) is 5. The molecule has 5 nitrogen and oxygen atoms in total. The van der Waals surface area contributed by atoms with Crippen molar-refractivity contribution in [2.75, 3.05) is 12.4 Å². The van der Waals surface area contributed by atoms with Crippen molar-refractivity contribution in [2.45, 2.75) is 20.4 Å². The quantitative estimate of drug-likeness (QED) is 0.892. The van der Waals surface area contributed by atoms with Gasteiger partial charge in [0.25, 0.3) is 0 Å². The smallest absolute Gasteiger partial charge is 0.160 e. The minimum absolute atomic E-state index is 0.628. The predicted octanol–water partition coefficient (Wildman–Crippen LogP) is 2.11. The highest BCUT2D eigenvalue weighted by Gasteiger charge is 2.04. The van der Waals surface area contributed by atoms with Gasteiger partial charge in [-0.1, -0.05) is 0 Å². The second-order valence-electron chi connectivity index (χ2n) is 3.97. The van der Waals surface area contributed by atoms with Crippen LogP contribution in [0, 0.1) is 13.8 Å². The molecule has 0 unspecified atom stereocenters. The van der Waals surface area contributed by atoms with Crippen LogP contribution in [0.2, 0.25) is 0 Å². The second kappa shape index (κ2) is 5.44. The van der Waals surface area contributed by atoms with Crippen molar-refractivity contribution in [1.82, 2.24) is 15.0 Å². The zero-order valence-corrected chi connectivity index (χ0v) is 10.8. The van der Waals surface area contributed by atoms with E-state index in [1.54, 1.807) is 19.5 Å². The van der Waals surface area contributed by atoms with Crippen LogP contribution in [-0.2, 0) is 6.54 Å². The summed E-state index contributed by atoms with van der Waals surface area (Å²) in [4.78, 5) is 12.6. The van der Waals surface area contributed by atoms with E-state index in [2.05, 4.69) is 20.3 Å². The molecule has 2 rings (SSSR count). The average molecular weight is 244 g/mol. The van der Waals surface area contributed by atoms with Gasteiger partial charge >= 0.3 is 0 Å². The fourth-order valence-corrected chi connectivity index (χ4v) is 1.64. The Morgan fingerprint density at radius 1 is 1.28 bits per heavy atom. The van der Waals surface area contributed by atoms with E-state index in [1.165, 1.54) is 0 Å². The molecule has 5 heteroatoms. The van der Waals surface area contributed by atoms with E-state index in [0.717, 1.165) is 28.6 Å². The Hall–Kier alpha value is -2.17. The SMILES string of the molecule is COc1cnc(C)cc1NCc1ccnc(C)n1. The number of pyridine rings is 1. The molecule has 0 atom stereocenters. The number of hydrogen-bond donors (Lipinski definition) is 1. The van der Waals surface area contributed by atoms with Crippen LogP contribution in [0.5, 0.6) is 5.75 Å². The van der Waals surface area contributed by atoms with Crippen molar-refractivity contribution in [2.24, 2.45) is 0 Å². The molecule has 0 radical (unpaired) electrons.